The molecule has 2 aromatic rings. The fraction of sp³-hybridized carbons (Fsp3) is 0.516. The van der Waals surface area contributed by atoms with Crippen molar-refractivity contribution in [3.05, 3.63) is 72.3 Å². The van der Waals surface area contributed by atoms with Gasteiger partial charge in [-0.05, 0) is 107 Å². The normalized spacial score (nSPS) is 20.4. The zero-order valence-corrected chi connectivity index (χ0v) is 21.4. The van der Waals surface area contributed by atoms with Crippen molar-refractivity contribution in [1.29, 1.82) is 0 Å². The van der Waals surface area contributed by atoms with Gasteiger partial charge in [0.25, 0.3) is 0 Å². The van der Waals surface area contributed by atoms with Crippen LogP contribution in [-0.4, -0.2) is 29.4 Å². The zero-order valence-electron chi connectivity index (χ0n) is 21.4. The minimum absolute atomic E-state index is 0.0893. The maximum absolute atomic E-state index is 13.1. The van der Waals surface area contributed by atoms with Crippen LogP contribution in [0.1, 0.15) is 76.5 Å². The summed E-state index contributed by atoms with van der Waals surface area (Å²) in [5, 5.41) is 3.24. The molecule has 0 radical (unpaired) electrons. The Morgan fingerprint density at radius 1 is 1.09 bits per heavy atom. The zero-order chi connectivity index (χ0) is 24.1. The Morgan fingerprint density at radius 2 is 1.82 bits per heavy atom. The predicted octanol–water partition coefficient (Wildman–Crippen LogP) is 6.94. The second-order valence-electron chi connectivity index (χ2n) is 11.3. The molecule has 1 amide bonds. The van der Waals surface area contributed by atoms with Gasteiger partial charge >= 0.3 is 0 Å². The van der Waals surface area contributed by atoms with E-state index < -0.39 is 0 Å². The van der Waals surface area contributed by atoms with Gasteiger partial charge in [0.1, 0.15) is 0 Å². The topological polar surface area (TPSA) is 32.3 Å². The molecule has 1 heterocycles. The molecule has 1 aliphatic carbocycles. The molecule has 182 valence electrons. The number of carbonyl (C=O) groups is 1. The molecule has 3 heteroatoms. The maximum atomic E-state index is 13.1. The first-order chi connectivity index (χ1) is 16.4. The van der Waals surface area contributed by atoms with Crippen molar-refractivity contribution in [2.45, 2.75) is 77.3 Å². The van der Waals surface area contributed by atoms with E-state index in [1.807, 2.05) is 6.08 Å². The van der Waals surface area contributed by atoms with Crippen LogP contribution in [0, 0.1) is 11.8 Å². The lowest BCUT2D eigenvalue weighted by Gasteiger charge is -2.42. The van der Waals surface area contributed by atoms with Crippen LogP contribution in [0.15, 0.2) is 61.2 Å². The molecule has 2 aliphatic rings. The van der Waals surface area contributed by atoms with E-state index in [2.05, 4.69) is 86.1 Å². The largest absolute Gasteiger partial charge is 0.351 e. The molecule has 1 aliphatic heterocycles. The number of fused-ring (bicyclic) bond motifs is 1. The van der Waals surface area contributed by atoms with Crippen molar-refractivity contribution in [3.63, 3.8) is 0 Å². The Balaban J connectivity index is 1.44. The van der Waals surface area contributed by atoms with Crippen LogP contribution in [-0.2, 0) is 11.2 Å². The highest BCUT2D eigenvalue weighted by atomic mass is 16.2. The van der Waals surface area contributed by atoms with E-state index >= 15 is 0 Å². The van der Waals surface area contributed by atoms with Crippen LogP contribution in [0.5, 0.6) is 0 Å². The van der Waals surface area contributed by atoms with Gasteiger partial charge in [-0.25, -0.2) is 0 Å². The standard InChI is InChI=1S/C31H42N2O/c1-5-6-14-28(30(34)32-31(2,3)4)24-18-20-33(21-19-24)29-15-10-13-26-22-25(16-17-27(26)29)23-11-8-7-9-12-23/h5,7-9,11-12,16-17,22,24,28-29H,1,6,10,13-15,18-21H2,2-4H3,(H,32,34). The summed E-state index contributed by atoms with van der Waals surface area (Å²) in [5.41, 5.74) is 5.49. The third-order valence-electron chi connectivity index (χ3n) is 7.63. The number of allylic oxidation sites excluding steroid dienone is 1. The van der Waals surface area contributed by atoms with Crippen molar-refractivity contribution in [2.24, 2.45) is 11.8 Å². The number of nitrogens with zero attached hydrogens (tertiary/aromatic N) is 1. The van der Waals surface area contributed by atoms with E-state index in [0.29, 0.717) is 12.0 Å². The van der Waals surface area contributed by atoms with Gasteiger partial charge in [0.2, 0.25) is 5.91 Å². The number of carbonyl (C=O) groups excluding carboxylic acids is 1. The van der Waals surface area contributed by atoms with Crippen molar-refractivity contribution >= 4 is 5.91 Å². The second kappa shape index (κ2) is 10.9. The lowest BCUT2D eigenvalue weighted by atomic mass is 9.79. The summed E-state index contributed by atoms with van der Waals surface area (Å²) in [5.74, 6) is 0.776. The SMILES string of the molecule is C=CCCC(C(=O)NC(C)(C)C)C1CCN(C2CCCc3cc(-c4ccccc4)ccc32)CC1. The average molecular weight is 459 g/mol. The number of hydrogen-bond donors (Lipinski definition) is 1. The highest BCUT2D eigenvalue weighted by Crippen LogP contribution is 2.39. The molecular formula is C31H42N2O. The number of benzene rings is 2. The highest BCUT2D eigenvalue weighted by Gasteiger charge is 2.35. The van der Waals surface area contributed by atoms with Gasteiger partial charge < -0.3 is 5.32 Å². The lowest BCUT2D eigenvalue weighted by molar-refractivity contribution is -0.129. The molecule has 0 bridgehead atoms. The number of hydrogen-bond acceptors (Lipinski definition) is 2. The fourth-order valence-electron chi connectivity index (χ4n) is 5.95. The molecule has 1 N–H and O–H groups in total. The highest BCUT2D eigenvalue weighted by molar-refractivity contribution is 5.79. The van der Waals surface area contributed by atoms with E-state index in [4.69, 9.17) is 0 Å². The van der Waals surface area contributed by atoms with Crippen LogP contribution in [0.2, 0.25) is 0 Å². The molecule has 34 heavy (non-hydrogen) atoms. The Labute approximate surface area is 206 Å². The fourth-order valence-corrected chi connectivity index (χ4v) is 5.95. The molecule has 2 aromatic carbocycles. The number of aryl methyl sites for hydroxylation is 1. The van der Waals surface area contributed by atoms with E-state index in [-0.39, 0.29) is 17.4 Å². The van der Waals surface area contributed by atoms with Gasteiger partial charge in [-0.1, -0.05) is 54.6 Å². The molecule has 0 aromatic heterocycles. The van der Waals surface area contributed by atoms with E-state index in [9.17, 15) is 4.79 Å². The molecule has 2 unspecified atom stereocenters. The van der Waals surface area contributed by atoms with E-state index in [0.717, 1.165) is 38.8 Å². The molecular weight excluding hydrogens is 416 g/mol. The minimum atomic E-state index is -0.186. The molecule has 0 saturated carbocycles. The molecule has 2 atom stereocenters. The monoisotopic (exact) mass is 458 g/mol. The van der Waals surface area contributed by atoms with E-state index in [1.165, 1.54) is 41.5 Å². The van der Waals surface area contributed by atoms with Gasteiger partial charge in [-0.15, -0.1) is 6.58 Å². The third-order valence-corrected chi connectivity index (χ3v) is 7.63. The number of likely N-dealkylation sites (tertiary alicyclic amines) is 1. The minimum Gasteiger partial charge on any atom is -0.351 e. The summed E-state index contributed by atoms with van der Waals surface area (Å²) < 4.78 is 0. The molecule has 1 saturated heterocycles. The smallest absolute Gasteiger partial charge is 0.223 e. The van der Waals surface area contributed by atoms with Crippen LogP contribution in [0.3, 0.4) is 0 Å². The van der Waals surface area contributed by atoms with Crippen LogP contribution < -0.4 is 5.32 Å². The first kappa shape index (κ1) is 24.7. The summed E-state index contributed by atoms with van der Waals surface area (Å²) in [6.45, 7) is 12.3. The van der Waals surface area contributed by atoms with Gasteiger partial charge in [0.05, 0.1) is 0 Å². The number of amides is 1. The average Bonchev–Trinajstić information content (AvgIpc) is 2.83. The second-order valence-corrected chi connectivity index (χ2v) is 11.3. The molecule has 0 spiro atoms. The quantitative estimate of drug-likeness (QED) is 0.456. The van der Waals surface area contributed by atoms with Crippen molar-refractivity contribution < 1.29 is 4.79 Å². The molecule has 3 nitrogen and oxygen atoms in total. The summed E-state index contributed by atoms with van der Waals surface area (Å²) in [4.78, 5) is 15.8. The van der Waals surface area contributed by atoms with Gasteiger partial charge in [0.15, 0.2) is 0 Å². The van der Waals surface area contributed by atoms with Crippen molar-refractivity contribution in [2.75, 3.05) is 13.1 Å². The lowest BCUT2D eigenvalue weighted by Crippen LogP contribution is -2.47. The van der Waals surface area contributed by atoms with Crippen molar-refractivity contribution in [3.8, 4) is 11.1 Å². The molecule has 4 rings (SSSR count). The predicted molar refractivity (Wildman–Crippen MR) is 143 cm³/mol. The summed E-state index contributed by atoms with van der Waals surface area (Å²) >= 11 is 0. The van der Waals surface area contributed by atoms with E-state index in [1.54, 1.807) is 0 Å². The Kier molecular flexibility index (Phi) is 7.93. The number of piperidine rings is 1. The first-order valence-corrected chi connectivity index (χ1v) is 13.2. The van der Waals surface area contributed by atoms with Gasteiger partial charge in [0, 0.05) is 17.5 Å². The van der Waals surface area contributed by atoms with Crippen LogP contribution >= 0.6 is 0 Å². The third kappa shape index (κ3) is 5.99. The number of nitrogens with one attached hydrogen (secondary N) is 1. The summed E-state index contributed by atoms with van der Waals surface area (Å²) in [7, 11) is 0. The number of rotatable bonds is 7. The van der Waals surface area contributed by atoms with Crippen LogP contribution in [0.25, 0.3) is 11.1 Å². The maximum Gasteiger partial charge on any atom is 0.223 e. The Morgan fingerprint density at radius 3 is 2.50 bits per heavy atom. The van der Waals surface area contributed by atoms with Gasteiger partial charge in [-0.3, -0.25) is 9.69 Å². The van der Waals surface area contributed by atoms with Crippen LogP contribution in [0.4, 0.5) is 0 Å². The summed E-state index contributed by atoms with van der Waals surface area (Å²) in [6, 6.07) is 18.3. The van der Waals surface area contributed by atoms with Crippen molar-refractivity contribution in [1.82, 2.24) is 10.2 Å². The molecule has 1 fully saturated rings. The first-order valence-electron chi connectivity index (χ1n) is 13.2. The Hall–Kier alpha value is -2.39. The summed E-state index contributed by atoms with van der Waals surface area (Å²) in [6.07, 6.45) is 9.65. The Bertz CT molecular complexity index is 967. The van der Waals surface area contributed by atoms with Gasteiger partial charge in [-0.2, -0.15) is 0 Å².